The fourth-order valence-electron chi connectivity index (χ4n) is 2.10. The normalized spacial score (nSPS) is 16.7. The van der Waals surface area contributed by atoms with E-state index in [0.717, 1.165) is 38.5 Å². The lowest BCUT2D eigenvalue weighted by atomic mass is 9.92. The standard InChI is InChI=1S/C16H25N3O2/c1-16(2,12-17)15(20)18-14-5-3-13(4-6-14)11-19-7-9-21-10-8-19/h3-6H,7-12,17H2,1-2H3,(H,18,20). The van der Waals surface area contributed by atoms with Gasteiger partial charge in [0.15, 0.2) is 0 Å². The molecular weight excluding hydrogens is 266 g/mol. The fourth-order valence-corrected chi connectivity index (χ4v) is 2.10. The molecule has 1 saturated heterocycles. The van der Waals surface area contributed by atoms with E-state index in [1.807, 2.05) is 26.0 Å². The van der Waals surface area contributed by atoms with Crippen LogP contribution in [0.4, 0.5) is 5.69 Å². The topological polar surface area (TPSA) is 67.6 Å². The summed E-state index contributed by atoms with van der Waals surface area (Å²) in [6.07, 6.45) is 0. The van der Waals surface area contributed by atoms with Gasteiger partial charge in [-0.3, -0.25) is 9.69 Å². The molecule has 0 aromatic heterocycles. The molecule has 0 aliphatic carbocycles. The van der Waals surface area contributed by atoms with Crippen LogP contribution in [0.2, 0.25) is 0 Å². The van der Waals surface area contributed by atoms with Crippen molar-refractivity contribution in [3.8, 4) is 0 Å². The van der Waals surface area contributed by atoms with Crippen LogP contribution in [0.25, 0.3) is 0 Å². The molecule has 0 saturated carbocycles. The largest absolute Gasteiger partial charge is 0.379 e. The highest BCUT2D eigenvalue weighted by Crippen LogP contribution is 2.18. The average Bonchev–Trinajstić information content (AvgIpc) is 2.50. The molecule has 1 aromatic rings. The van der Waals surface area contributed by atoms with Crippen LogP contribution < -0.4 is 11.1 Å². The number of amides is 1. The SMILES string of the molecule is CC(C)(CN)C(=O)Nc1ccc(CN2CCOCC2)cc1. The van der Waals surface area contributed by atoms with Crippen LogP contribution in [0.1, 0.15) is 19.4 Å². The van der Waals surface area contributed by atoms with Crippen molar-refractivity contribution in [3.05, 3.63) is 29.8 Å². The first kappa shape index (κ1) is 15.9. The Morgan fingerprint density at radius 2 is 1.90 bits per heavy atom. The van der Waals surface area contributed by atoms with Crippen molar-refractivity contribution in [1.82, 2.24) is 4.90 Å². The highest BCUT2D eigenvalue weighted by Gasteiger charge is 2.25. The van der Waals surface area contributed by atoms with Crippen LogP contribution in [0.15, 0.2) is 24.3 Å². The molecule has 0 unspecified atom stereocenters. The van der Waals surface area contributed by atoms with Crippen LogP contribution in [-0.4, -0.2) is 43.7 Å². The quantitative estimate of drug-likeness (QED) is 0.861. The van der Waals surface area contributed by atoms with Gasteiger partial charge in [0.25, 0.3) is 0 Å². The lowest BCUT2D eigenvalue weighted by molar-refractivity contribution is -0.123. The van der Waals surface area contributed by atoms with Crippen molar-refractivity contribution in [2.24, 2.45) is 11.1 Å². The Labute approximate surface area is 126 Å². The Morgan fingerprint density at radius 1 is 1.29 bits per heavy atom. The summed E-state index contributed by atoms with van der Waals surface area (Å²) in [5.74, 6) is -0.0501. The smallest absolute Gasteiger partial charge is 0.231 e. The zero-order chi connectivity index (χ0) is 15.3. The monoisotopic (exact) mass is 291 g/mol. The van der Waals surface area contributed by atoms with Crippen molar-refractivity contribution >= 4 is 11.6 Å². The van der Waals surface area contributed by atoms with Gasteiger partial charge < -0.3 is 15.8 Å². The van der Waals surface area contributed by atoms with Gasteiger partial charge >= 0.3 is 0 Å². The molecule has 5 nitrogen and oxygen atoms in total. The summed E-state index contributed by atoms with van der Waals surface area (Å²) in [5, 5.41) is 2.91. The Balaban J connectivity index is 1.91. The van der Waals surface area contributed by atoms with E-state index in [0.29, 0.717) is 6.54 Å². The second kappa shape index (κ2) is 7.02. The molecule has 0 atom stereocenters. The van der Waals surface area contributed by atoms with Gasteiger partial charge in [-0.2, -0.15) is 0 Å². The Kier molecular flexibility index (Phi) is 5.33. The molecule has 0 bridgehead atoms. The van der Waals surface area contributed by atoms with Gasteiger partial charge in [0.05, 0.1) is 18.6 Å². The lowest BCUT2D eigenvalue weighted by Crippen LogP contribution is -2.37. The molecule has 2 rings (SSSR count). The fraction of sp³-hybridized carbons (Fsp3) is 0.562. The van der Waals surface area contributed by atoms with Crippen LogP contribution in [0, 0.1) is 5.41 Å². The van der Waals surface area contributed by atoms with Crippen LogP contribution in [0.5, 0.6) is 0 Å². The molecule has 1 fully saturated rings. The van der Waals surface area contributed by atoms with Crippen molar-refractivity contribution in [2.75, 3.05) is 38.2 Å². The summed E-state index contributed by atoms with van der Waals surface area (Å²) in [7, 11) is 0. The number of carbonyl (C=O) groups is 1. The number of hydrogen-bond donors (Lipinski definition) is 2. The van der Waals surface area contributed by atoms with Crippen molar-refractivity contribution in [2.45, 2.75) is 20.4 Å². The molecule has 0 radical (unpaired) electrons. The summed E-state index contributed by atoms with van der Waals surface area (Å²) >= 11 is 0. The number of carbonyl (C=O) groups excluding carboxylic acids is 1. The highest BCUT2D eigenvalue weighted by molar-refractivity contribution is 5.94. The summed E-state index contributed by atoms with van der Waals surface area (Å²) in [6, 6.07) is 8.00. The average molecular weight is 291 g/mol. The second-order valence-corrected chi connectivity index (χ2v) is 6.13. The number of rotatable bonds is 5. The van der Waals surface area contributed by atoms with E-state index in [1.54, 1.807) is 0 Å². The van der Waals surface area contributed by atoms with Crippen molar-refractivity contribution in [1.29, 1.82) is 0 Å². The van der Waals surface area contributed by atoms with Gasteiger partial charge in [-0.25, -0.2) is 0 Å². The predicted molar refractivity (Wildman–Crippen MR) is 84.0 cm³/mol. The molecule has 1 aromatic carbocycles. The molecule has 1 aliphatic rings. The molecule has 5 heteroatoms. The number of hydrogen-bond acceptors (Lipinski definition) is 4. The van der Waals surface area contributed by atoms with Gasteiger partial charge in [0.2, 0.25) is 5.91 Å². The second-order valence-electron chi connectivity index (χ2n) is 6.13. The molecule has 1 heterocycles. The van der Waals surface area contributed by atoms with Gasteiger partial charge in [-0.05, 0) is 31.5 Å². The molecule has 0 spiro atoms. The molecule has 1 amide bonds. The minimum Gasteiger partial charge on any atom is -0.379 e. The maximum atomic E-state index is 12.1. The third kappa shape index (κ3) is 4.52. The highest BCUT2D eigenvalue weighted by atomic mass is 16.5. The van der Waals surface area contributed by atoms with Crippen molar-refractivity contribution < 1.29 is 9.53 Å². The maximum Gasteiger partial charge on any atom is 0.231 e. The van der Waals surface area contributed by atoms with E-state index in [-0.39, 0.29) is 5.91 Å². The van der Waals surface area contributed by atoms with Crippen LogP contribution in [0.3, 0.4) is 0 Å². The first-order valence-electron chi connectivity index (χ1n) is 7.42. The van der Waals surface area contributed by atoms with E-state index in [1.165, 1.54) is 5.56 Å². The Bertz CT molecular complexity index is 465. The number of morpholine rings is 1. The van der Waals surface area contributed by atoms with E-state index >= 15 is 0 Å². The molecule has 3 N–H and O–H groups in total. The van der Waals surface area contributed by atoms with Gasteiger partial charge in [-0.15, -0.1) is 0 Å². The van der Waals surface area contributed by atoms with E-state index < -0.39 is 5.41 Å². The Morgan fingerprint density at radius 3 is 2.48 bits per heavy atom. The summed E-state index contributed by atoms with van der Waals surface area (Å²) in [4.78, 5) is 14.4. The first-order chi connectivity index (χ1) is 10.0. The van der Waals surface area contributed by atoms with Crippen LogP contribution in [-0.2, 0) is 16.1 Å². The summed E-state index contributed by atoms with van der Waals surface area (Å²) in [5.41, 5.74) is 7.12. The predicted octanol–water partition coefficient (Wildman–Crippen LogP) is 1.44. The molecule has 21 heavy (non-hydrogen) atoms. The first-order valence-corrected chi connectivity index (χ1v) is 7.42. The molecule has 116 valence electrons. The van der Waals surface area contributed by atoms with Crippen LogP contribution >= 0.6 is 0 Å². The molecular formula is C16H25N3O2. The minimum absolute atomic E-state index is 0.0501. The van der Waals surface area contributed by atoms with Crippen molar-refractivity contribution in [3.63, 3.8) is 0 Å². The molecule has 1 aliphatic heterocycles. The number of anilines is 1. The summed E-state index contributed by atoms with van der Waals surface area (Å²) < 4.78 is 5.34. The lowest BCUT2D eigenvalue weighted by Gasteiger charge is -2.26. The van der Waals surface area contributed by atoms with E-state index in [9.17, 15) is 4.79 Å². The maximum absolute atomic E-state index is 12.1. The third-order valence-electron chi connectivity index (χ3n) is 3.85. The number of nitrogens with zero attached hydrogens (tertiary/aromatic N) is 1. The number of nitrogens with two attached hydrogens (primary N) is 1. The minimum atomic E-state index is -0.549. The zero-order valence-corrected chi connectivity index (χ0v) is 12.9. The number of ether oxygens (including phenoxy) is 1. The third-order valence-corrected chi connectivity index (χ3v) is 3.85. The zero-order valence-electron chi connectivity index (χ0n) is 12.9. The Hall–Kier alpha value is -1.43. The van der Waals surface area contributed by atoms with E-state index in [2.05, 4.69) is 22.3 Å². The number of benzene rings is 1. The van der Waals surface area contributed by atoms with Gasteiger partial charge in [-0.1, -0.05) is 12.1 Å². The van der Waals surface area contributed by atoms with E-state index in [4.69, 9.17) is 10.5 Å². The summed E-state index contributed by atoms with van der Waals surface area (Å²) in [6.45, 7) is 8.50. The van der Waals surface area contributed by atoms with Gasteiger partial charge in [0.1, 0.15) is 0 Å². The van der Waals surface area contributed by atoms with Gasteiger partial charge in [0, 0.05) is 31.9 Å². The number of nitrogens with one attached hydrogen (secondary N) is 1.